The molecule has 0 aliphatic carbocycles. The Morgan fingerprint density at radius 1 is 1.20 bits per heavy atom. The number of nitrogens with zero attached hydrogens (tertiary/aromatic N) is 2. The molecule has 1 aliphatic rings. The number of aromatic nitrogens is 1. The topological polar surface area (TPSA) is 109 Å². The van der Waals surface area contributed by atoms with E-state index in [1.54, 1.807) is 20.9 Å². The van der Waals surface area contributed by atoms with Crippen molar-refractivity contribution in [1.82, 2.24) is 14.2 Å². The number of piperidine rings is 1. The van der Waals surface area contributed by atoms with Gasteiger partial charge < -0.3 is 15.0 Å². The van der Waals surface area contributed by atoms with Crippen molar-refractivity contribution in [2.75, 3.05) is 13.1 Å². The molecule has 1 amide bonds. The minimum absolute atomic E-state index is 0.0541. The molecular weight excluding hydrogens is 346 g/mol. The van der Waals surface area contributed by atoms with E-state index in [9.17, 15) is 23.1 Å². The summed E-state index contributed by atoms with van der Waals surface area (Å²) in [6, 6.07) is 0.267. The van der Waals surface area contributed by atoms with E-state index in [4.69, 9.17) is 0 Å². The second-order valence-electron chi connectivity index (χ2n) is 6.67. The molecule has 1 saturated heterocycles. The summed E-state index contributed by atoms with van der Waals surface area (Å²) in [5, 5.41) is 11.6. The molecule has 9 heteroatoms. The Kier molecular flexibility index (Phi) is 5.89. The maximum Gasteiger partial charge on any atom is 0.326 e. The van der Waals surface area contributed by atoms with Crippen LogP contribution in [0.15, 0.2) is 17.2 Å². The molecular formula is C16H25N3O5S. The number of nitrogens with one attached hydrogen (secondary N) is 1. The number of hydrogen-bond donors (Lipinski definition) is 2. The molecule has 0 aromatic carbocycles. The van der Waals surface area contributed by atoms with Crippen molar-refractivity contribution in [3.63, 3.8) is 0 Å². The summed E-state index contributed by atoms with van der Waals surface area (Å²) in [5.74, 6) is -2.03. The minimum atomic E-state index is -3.64. The van der Waals surface area contributed by atoms with Crippen molar-refractivity contribution in [3.05, 3.63) is 18.0 Å². The highest BCUT2D eigenvalue weighted by Crippen LogP contribution is 2.22. The summed E-state index contributed by atoms with van der Waals surface area (Å²) in [6.07, 6.45) is 4.06. The van der Waals surface area contributed by atoms with Crippen LogP contribution in [0.2, 0.25) is 0 Å². The van der Waals surface area contributed by atoms with Gasteiger partial charge in [-0.25, -0.2) is 13.2 Å². The second kappa shape index (κ2) is 7.57. The first-order chi connectivity index (χ1) is 11.6. The van der Waals surface area contributed by atoms with E-state index in [0.29, 0.717) is 13.1 Å². The zero-order valence-corrected chi connectivity index (χ0v) is 15.5. The molecule has 2 rings (SSSR count). The highest BCUT2D eigenvalue weighted by molar-refractivity contribution is 7.89. The van der Waals surface area contributed by atoms with Gasteiger partial charge in [-0.2, -0.15) is 4.31 Å². The van der Waals surface area contributed by atoms with Gasteiger partial charge in [-0.15, -0.1) is 0 Å². The van der Waals surface area contributed by atoms with Crippen LogP contribution in [-0.4, -0.2) is 53.4 Å². The fourth-order valence-corrected chi connectivity index (χ4v) is 4.47. The lowest BCUT2D eigenvalue weighted by Crippen LogP contribution is -2.44. The number of hydrogen-bond acceptors (Lipinski definition) is 4. The molecule has 1 fully saturated rings. The minimum Gasteiger partial charge on any atom is -0.480 e. The van der Waals surface area contributed by atoms with Crippen LogP contribution < -0.4 is 5.32 Å². The van der Waals surface area contributed by atoms with E-state index in [1.807, 2.05) is 0 Å². The normalized spacial score (nSPS) is 17.4. The first kappa shape index (κ1) is 19.5. The highest BCUT2D eigenvalue weighted by Gasteiger charge is 2.30. The third kappa shape index (κ3) is 4.21. The molecule has 1 unspecified atom stereocenters. The number of aryl methyl sites for hydroxylation is 1. The van der Waals surface area contributed by atoms with E-state index in [2.05, 4.69) is 5.32 Å². The number of carboxylic acids is 1. The third-order valence-electron chi connectivity index (χ3n) is 4.38. The average Bonchev–Trinajstić information content (AvgIpc) is 2.95. The summed E-state index contributed by atoms with van der Waals surface area (Å²) >= 11 is 0. The summed E-state index contributed by atoms with van der Waals surface area (Å²) in [6.45, 7) is 4.34. The zero-order valence-electron chi connectivity index (χ0n) is 14.7. The van der Waals surface area contributed by atoms with Crippen molar-refractivity contribution in [3.8, 4) is 0 Å². The van der Waals surface area contributed by atoms with Crippen molar-refractivity contribution in [2.45, 2.75) is 44.0 Å². The van der Waals surface area contributed by atoms with Gasteiger partial charge in [0.2, 0.25) is 10.0 Å². The molecule has 1 atom stereocenters. The van der Waals surface area contributed by atoms with Gasteiger partial charge in [0.1, 0.15) is 16.6 Å². The Bertz CT molecular complexity index is 748. The van der Waals surface area contributed by atoms with E-state index < -0.39 is 27.9 Å². The molecule has 2 N–H and O–H groups in total. The first-order valence-electron chi connectivity index (χ1n) is 8.34. The van der Waals surface area contributed by atoms with E-state index >= 15 is 0 Å². The lowest BCUT2D eigenvalue weighted by Gasteiger charge is -2.25. The van der Waals surface area contributed by atoms with Crippen LogP contribution in [0.1, 0.15) is 43.6 Å². The van der Waals surface area contributed by atoms with Crippen molar-refractivity contribution >= 4 is 21.9 Å². The van der Waals surface area contributed by atoms with E-state index in [-0.39, 0.29) is 16.5 Å². The Balaban J connectivity index is 2.24. The molecule has 0 bridgehead atoms. The second-order valence-corrected chi connectivity index (χ2v) is 8.61. The van der Waals surface area contributed by atoms with Gasteiger partial charge in [-0.05, 0) is 24.8 Å². The number of amides is 1. The van der Waals surface area contributed by atoms with Crippen LogP contribution in [-0.2, 0) is 21.9 Å². The molecule has 25 heavy (non-hydrogen) atoms. The largest absolute Gasteiger partial charge is 0.480 e. The molecule has 8 nitrogen and oxygen atoms in total. The van der Waals surface area contributed by atoms with Crippen LogP contribution in [0.5, 0.6) is 0 Å². The number of sulfonamides is 1. The highest BCUT2D eigenvalue weighted by atomic mass is 32.2. The molecule has 2 heterocycles. The Hall–Kier alpha value is -1.87. The van der Waals surface area contributed by atoms with Crippen LogP contribution >= 0.6 is 0 Å². The Morgan fingerprint density at radius 3 is 2.32 bits per heavy atom. The molecule has 140 valence electrons. The summed E-state index contributed by atoms with van der Waals surface area (Å²) < 4.78 is 28.2. The fourth-order valence-electron chi connectivity index (χ4n) is 2.88. The van der Waals surface area contributed by atoms with E-state index in [1.165, 1.54) is 21.1 Å². The van der Waals surface area contributed by atoms with Crippen molar-refractivity contribution in [1.29, 1.82) is 0 Å². The van der Waals surface area contributed by atoms with Gasteiger partial charge in [-0.1, -0.05) is 20.3 Å². The third-order valence-corrected chi connectivity index (χ3v) is 6.25. The number of carbonyl (C=O) groups excluding carboxylic acids is 1. The van der Waals surface area contributed by atoms with Gasteiger partial charge in [-0.3, -0.25) is 4.79 Å². The number of carbonyl (C=O) groups is 2. The monoisotopic (exact) mass is 371 g/mol. The lowest BCUT2D eigenvalue weighted by molar-refractivity contribution is -0.140. The smallest absolute Gasteiger partial charge is 0.326 e. The first-order valence-corrected chi connectivity index (χ1v) is 9.78. The molecule has 0 saturated carbocycles. The lowest BCUT2D eigenvalue weighted by atomic mass is 10.0. The predicted molar refractivity (Wildman–Crippen MR) is 91.8 cm³/mol. The van der Waals surface area contributed by atoms with Crippen LogP contribution in [0.4, 0.5) is 0 Å². The van der Waals surface area contributed by atoms with Crippen LogP contribution in [0, 0.1) is 5.92 Å². The Morgan fingerprint density at radius 2 is 1.80 bits per heavy atom. The van der Waals surface area contributed by atoms with Gasteiger partial charge in [0.25, 0.3) is 5.91 Å². The maximum atomic E-state index is 12.7. The van der Waals surface area contributed by atoms with Crippen molar-refractivity contribution < 1.29 is 23.1 Å². The maximum absolute atomic E-state index is 12.7. The molecule has 0 spiro atoms. The van der Waals surface area contributed by atoms with Crippen LogP contribution in [0.25, 0.3) is 0 Å². The van der Waals surface area contributed by atoms with Crippen molar-refractivity contribution in [2.24, 2.45) is 13.0 Å². The van der Waals surface area contributed by atoms with Gasteiger partial charge in [0.15, 0.2) is 0 Å². The molecule has 1 aromatic heterocycles. The van der Waals surface area contributed by atoms with Crippen LogP contribution in [0.3, 0.4) is 0 Å². The van der Waals surface area contributed by atoms with E-state index in [0.717, 1.165) is 19.3 Å². The van der Waals surface area contributed by atoms with Gasteiger partial charge in [0.05, 0.1) is 0 Å². The number of carboxylic acid groups (broad SMARTS) is 1. The predicted octanol–water partition coefficient (Wildman–Crippen LogP) is 1.04. The number of rotatable bonds is 6. The summed E-state index contributed by atoms with van der Waals surface area (Å²) in [5.41, 5.74) is 0.113. The van der Waals surface area contributed by atoms with Gasteiger partial charge in [0, 0.05) is 26.3 Å². The average molecular weight is 371 g/mol. The molecule has 1 aliphatic heterocycles. The zero-order chi connectivity index (χ0) is 18.8. The standard InChI is InChI=1S/C16H25N3O5S/c1-11(2)14(16(21)22)17-15(20)13-9-12(10-18(13)3)25(23,24)19-7-5-4-6-8-19/h9-11,14H,4-8H2,1-3H3,(H,17,20)(H,21,22). The Labute approximate surface area is 147 Å². The molecule has 0 radical (unpaired) electrons. The SMILES string of the molecule is CC(C)C(NC(=O)c1cc(S(=O)(=O)N2CCCCC2)cn1C)C(=O)O. The number of aliphatic carboxylic acids is 1. The van der Waals surface area contributed by atoms with Gasteiger partial charge >= 0.3 is 5.97 Å². The summed E-state index contributed by atoms with van der Waals surface area (Å²) in [7, 11) is -2.08. The summed E-state index contributed by atoms with van der Waals surface area (Å²) in [4.78, 5) is 23.7. The molecule has 1 aromatic rings. The quantitative estimate of drug-likeness (QED) is 0.777. The fraction of sp³-hybridized carbons (Fsp3) is 0.625.